The van der Waals surface area contributed by atoms with Gasteiger partial charge in [0.05, 0.1) is 0 Å². The third-order valence-corrected chi connectivity index (χ3v) is 2.62. The maximum absolute atomic E-state index is 4.14. The average Bonchev–Trinajstić information content (AvgIpc) is 2.19. The molecule has 68 valence electrons. The highest BCUT2D eigenvalue weighted by atomic mass is 14.6. The summed E-state index contributed by atoms with van der Waals surface area (Å²) in [5, 5.41) is 0. The van der Waals surface area contributed by atoms with E-state index in [1.807, 2.05) is 18.5 Å². The van der Waals surface area contributed by atoms with Gasteiger partial charge >= 0.3 is 0 Å². The molecule has 1 heteroatoms. The fraction of sp³-hybridized carbons (Fsp3) is 0.417. The molecule has 13 heavy (non-hydrogen) atoms. The molecule has 1 heterocycles. The molecule has 0 amide bonds. The second kappa shape index (κ2) is 3.73. The van der Waals surface area contributed by atoms with Gasteiger partial charge in [0.25, 0.3) is 0 Å². The van der Waals surface area contributed by atoms with Gasteiger partial charge in [-0.25, -0.2) is 0 Å². The number of aromatic nitrogens is 1. The number of hydrogen-bond acceptors (Lipinski definition) is 1. The van der Waals surface area contributed by atoms with Crippen molar-refractivity contribution in [1.29, 1.82) is 0 Å². The van der Waals surface area contributed by atoms with Crippen molar-refractivity contribution >= 4 is 5.57 Å². The van der Waals surface area contributed by atoms with Crippen molar-refractivity contribution in [3.8, 4) is 0 Å². The minimum absolute atomic E-state index is 0.740. The largest absolute Gasteiger partial charge is 0.264 e. The number of hydrogen-bond donors (Lipinski definition) is 0. The van der Waals surface area contributed by atoms with Crippen LogP contribution in [0.3, 0.4) is 0 Å². The first-order chi connectivity index (χ1) is 6.36. The minimum Gasteiger partial charge on any atom is -0.264 e. The van der Waals surface area contributed by atoms with E-state index in [0.717, 1.165) is 5.92 Å². The molecule has 1 aromatic heterocycles. The van der Waals surface area contributed by atoms with Gasteiger partial charge in [0, 0.05) is 12.4 Å². The van der Waals surface area contributed by atoms with Crippen LogP contribution in [0.15, 0.2) is 30.6 Å². The quantitative estimate of drug-likeness (QED) is 0.635. The van der Waals surface area contributed by atoms with Gasteiger partial charge in [0.1, 0.15) is 0 Å². The lowest BCUT2D eigenvalue weighted by Gasteiger charge is -2.17. The zero-order valence-corrected chi connectivity index (χ0v) is 8.03. The smallest absolute Gasteiger partial charge is 0.0342 e. The van der Waals surface area contributed by atoms with E-state index in [4.69, 9.17) is 0 Å². The van der Waals surface area contributed by atoms with Gasteiger partial charge in [0.2, 0.25) is 0 Å². The Morgan fingerprint density at radius 3 is 3.08 bits per heavy atom. The first kappa shape index (κ1) is 8.49. The Bertz CT molecular complexity index is 300. The standard InChI is InChI=1S/C12H15N/c1-10-4-2-5-11(8-10)12-6-3-7-13-9-12/h3,6-10H,2,4-5H2,1H3. The second-order valence-electron chi connectivity index (χ2n) is 3.80. The van der Waals surface area contributed by atoms with Crippen molar-refractivity contribution < 1.29 is 0 Å². The highest BCUT2D eigenvalue weighted by molar-refractivity contribution is 5.65. The zero-order valence-electron chi connectivity index (χ0n) is 8.03. The molecule has 0 bridgehead atoms. The molecule has 1 unspecified atom stereocenters. The summed E-state index contributed by atoms with van der Waals surface area (Å²) in [6, 6.07) is 4.16. The van der Waals surface area contributed by atoms with E-state index in [0.29, 0.717) is 0 Å². The van der Waals surface area contributed by atoms with Crippen LogP contribution < -0.4 is 0 Å². The third-order valence-electron chi connectivity index (χ3n) is 2.62. The van der Waals surface area contributed by atoms with Gasteiger partial charge in [-0.3, -0.25) is 4.98 Å². The van der Waals surface area contributed by atoms with Crippen LogP contribution in [0.5, 0.6) is 0 Å². The molecule has 0 spiro atoms. The van der Waals surface area contributed by atoms with E-state index in [1.54, 1.807) is 0 Å². The summed E-state index contributed by atoms with van der Waals surface area (Å²) < 4.78 is 0. The highest BCUT2D eigenvalue weighted by Gasteiger charge is 2.10. The second-order valence-corrected chi connectivity index (χ2v) is 3.80. The normalized spacial score (nSPS) is 22.5. The molecule has 0 fully saturated rings. The molecule has 0 saturated heterocycles. The van der Waals surface area contributed by atoms with Gasteiger partial charge in [-0.2, -0.15) is 0 Å². The summed E-state index contributed by atoms with van der Waals surface area (Å²) in [5.41, 5.74) is 2.78. The van der Waals surface area contributed by atoms with E-state index < -0.39 is 0 Å². The van der Waals surface area contributed by atoms with Gasteiger partial charge in [-0.05, 0) is 42.4 Å². The summed E-state index contributed by atoms with van der Waals surface area (Å²) in [4.78, 5) is 4.14. The van der Waals surface area contributed by atoms with E-state index >= 15 is 0 Å². The minimum atomic E-state index is 0.740. The Balaban J connectivity index is 2.26. The van der Waals surface area contributed by atoms with E-state index in [2.05, 4.69) is 24.1 Å². The SMILES string of the molecule is CC1C=C(c2cccnc2)CCC1. The average molecular weight is 173 g/mol. The molecule has 1 aliphatic carbocycles. The monoisotopic (exact) mass is 173 g/mol. The van der Waals surface area contributed by atoms with Crippen LogP contribution in [-0.4, -0.2) is 4.98 Å². The lowest BCUT2D eigenvalue weighted by molar-refractivity contribution is 0.592. The van der Waals surface area contributed by atoms with Crippen molar-refractivity contribution in [3.05, 3.63) is 36.2 Å². The topological polar surface area (TPSA) is 12.9 Å². The first-order valence-corrected chi connectivity index (χ1v) is 4.97. The fourth-order valence-electron chi connectivity index (χ4n) is 1.92. The predicted octanol–water partition coefficient (Wildman–Crippen LogP) is 3.29. The Morgan fingerprint density at radius 1 is 1.46 bits per heavy atom. The van der Waals surface area contributed by atoms with E-state index in [1.165, 1.54) is 30.4 Å². The predicted molar refractivity (Wildman–Crippen MR) is 55.2 cm³/mol. The molecule has 1 nitrogen and oxygen atoms in total. The highest BCUT2D eigenvalue weighted by Crippen LogP contribution is 2.28. The number of rotatable bonds is 1. The lowest BCUT2D eigenvalue weighted by Crippen LogP contribution is -2.00. The molecular formula is C12H15N. The van der Waals surface area contributed by atoms with Crippen molar-refractivity contribution in [2.24, 2.45) is 5.92 Å². The molecule has 0 saturated carbocycles. The molecule has 0 N–H and O–H groups in total. The van der Waals surface area contributed by atoms with Gasteiger partial charge < -0.3 is 0 Å². The van der Waals surface area contributed by atoms with Crippen LogP contribution in [0.1, 0.15) is 31.7 Å². The van der Waals surface area contributed by atoms with Crippen molar-refractivity contribution in [2.45, 2.75) is 26.2 Å². The summed E-state index contributed by atoms with van der Waals surface area (Å²) in [6.45, 7) is 2.29. The molecule has 0 aromatic carbocycles. The molecule has 1 aliphatic rings. The van der Waals surface area contributed by atoms with Gasteiger partial charge in [-0.15, -0.1) is 0 Å². The molecule has 1 atom stereocenters. The van der Waals surface area contributed by atoms with Gasteiger partial charge in [0.15, 0.2) is 0 Å². The van der Waals surface area contributed by atoms with E-state index in [-0.39, 0.29) is 0 Å². The van der Waals surface area contributed by atoms with E-state index in [9.17, 15) is 0 Å². The molecular weight excluding hydrogens is 158 g/mol. The Hall–Kier alpha value is -1.11. The number of pyridine rings is 1. The van der Waals surface area contributed by atoms with Crippen molar-refractivity contribution in [1.82, 2.24) is 4.98 Å². The Morgan fingerprint density at radius 2 is 2.38 bits per heavy atom. The van der Waals surface area contributed by atoms with Crippen LogP contribution >= 0.6 is 0 Å². The van der Waals surface area contributed by atoms with Crippen LogP contribution in [-0.2, 0) is 0 Å². The lowest BCUT2D eigenvalue weighted by atomic mass is 9.89. The first-order valence-electron chi connectivity index (χ1n) is 4.97. The summed E-state index contributed by atoms with van der Waals surface area (Å²) in [5.74, 6) is 0.740. The Kier molecular flexibility index (Phi) is 2.44. The van der Waals surface area contributed by atoms with Crippen LogP contribution in [0, 0.1) is 5.92 Å². The molecule has 0 aliphatic heterocycles. The molecule has 1 aromatic rings. The molecule has 0 radical (unpaired) electrons. The zero-order chi connectivity index (χ0) is 9.10. The van der Waals surface area contributed by atoms with Crippen LogP contribution in [0.2, 0.25) is 0 Å². The molecule has 2 rings (SSSR count). The summed E-state index contributed by atoms with van der Waals surface area (Å²) in [7, 11) is 0. The van der Waals surface area contributed by atoms with Crippen LogP contribution in [0.4, 0.5) is 0 Å². The fourth-order valence-corrected chi connectivity index (χ4v) is 1.92. The summed E-state index contributed by atoms with van der Waals surface area (Å²) >= 11 is 0. The number of allylic oxidation sites excluding steroid dienone is 2. The third kappa shape index (κ3) is 1.97. The van der Waals surface area contributed by atoms with Crippen molar-refractivity contribution in [3.63, 3.8) is 0 Å². The Labute approximate surface area is 79.5 Å². The van der Waals surface area contributed by atoms with Crippen molar-refractivity contribution in [2.75, 3.05) is 0 Å². The number of nitrogens with zero attached hydrogens (tertiary/aromatic N) is 1. The van der Waals surface area contributed by atoms with Gasteiger partial charge in [-0.1, -0.05) is 19.1 Å². The maximum Gasteiger partial charge on any atom is 0.0342 e. The van der Waals surface area contributed by atoms with Crippen LogP contribution in [0.25, 0.3) is 5.57 Å². The summed E-state index contributed by atoms with van der Waals surface area (Å²) in [6.07, 6.45) is 10.1. The maximum atomic E-state index is 4.14.